The fraction of sp³-hybridized carbons (Fsp3) is 0.423. The molecule has 1 atom stereocenters. The molecule has 0 aliphatic carbocycles. The Hall–Kier alpha value is -3.55. The molecule has 2 rings (SSSR count). The van der Waals surface area contributed by atoms with Gasteiger partial charge >= 0.3 is 6.09 Å². The Kier molecular flexibility index (Phi) is 9.47. The van der Waals surface area contributed by atoms with Gasteiger partial charge in [-0.3, -0.25) is 9.59 Å². The first-order chi connectivity index (χ1) is 16.1. The third kappa shape index (κ3) is 7.79. The highest BCUT2D eigenvalue weighted by molar-refractivity contribution is 5.98. The van der Waals surface area contributed by atoms with E-state index in [9.17, 15) is 14.4 Å². The van der Waals surface area contributed by atoms with Gasteiger partial charge in [0.05, 0.1) is 7.11 Å². The number of nitrogens with one attached hydrogen (secondary N) is 2. The number of alkyl carbamates (subject to hydrolysis) is 1. The molecule has 1 unspecified atom stereocenters. The molecule has 2 aromatic carbocycles. The minimum atomic E-state index is -0.883. The quantitative estimate of drug-likeness (QED) is 0.570. The van der Waals surface area contributed by atoms with Crippen LogP contribution in [0, 0.1) is 0 Å². The Balaban J connectivity index is 2.27. The van der Waals surface area contributed by atoms with E-state index in [0.717, 1.165) is 12.0 Å². The van der Waals surface area contributed by atoms with Gasteiger partial charge in [0.15, 0.2) is 0 Å². The molecule has 0 fully saturated rings. The van der Waals surface area contributed by atoms with Crippen molar-refractivity contribution in [1.29, 1.82) is 0 Å². The molecule has 0 heterocycles. The summed E-state index contributed by atoms with van der Waals surface area (Å²) in [6, 6.07) is 13.7. The lowest BCUT2D eigenvalue weighted by Gasteiger charge is -2.31. The highest BCUT2D eigenvalue weighted by Crippen LogP contribution is 2.25. The van der Waals surface area contributed by atoms with Crippen LogP contribution in [0.15, 0.2) is 48.5 Å². The number of carbonyl (C=O) groups is 3. The molecule has 2 aromatic rings. The number of aryl methyl sites for hydroxylation is 1. The molecule has 0 aliphatic rings. The molecule has 0 spiro atoms. The van der Waals surface area contributed by atoms with E-state index < -0.39 is 23.6 Å². The van der Waals surface area contributed by atoms with Crippen LogP contribution in [0.25, 0.3) is 0 Å². The Morgan fingerprint density at radius 2 is 1.59 bits per heavy atom. The molecule has 34 heavy (non-hydrogen) atoms. The van der Waals surface area contributed by atoms with Gasteiger partial charge in [-0.15, -0.1) is 0 Å². The van der Waals surface area contributed by atoms with Crippen molar-refractivity contribution in [3.05, 3.63) is 59.7 Å². The average molecular weight is 470 g/mol. The number of hydrogen-bond donors (Lipinski definition) is 2. The van der Waals surface area contributed by atoms with Crippen molar-refractivity contribution in [2.24, 2.45) is 0 Å². The summed E-state index contributed by atoms with van der Waals surface area (Å²) in [4.78, 5) is 39.9. The van der Waals surface area contributed by atoms with E-state index in [1.165, 1.54) is 4.90 Å². The smallest absolute Gasteiger partial charge is 0.408 e. The van der Waals surface area contributed by atoms with Gasteiger partial charge in [0.25, 0.3) is 5.91 Å². The minimum Gasteiger partial charge on any atom is -0.497 e. The molecule has 3 amide bonds. The number of nitrogens with zero attached hydrogens (tertiary/aromatic N) is 1. The molecule has 0 bridgehead atoms. The lowest BCUT2D eigenvalue weighted by Crippen LogP contribution is -2.46. The number of carbonyl (C=O) groups excluding carboxylic acids is 3. The van der Waals surface area contributed by atoms with E-state index in [1.54, 1.807) is 59.1 Å². The highest BCUT2D eigenvalue weighted by atomic mass is 16.6. The van der Waals surface area contributed by atoms with Crippen molar-refractivity contribution < 1.29 is 23.9 Å². The molecule has 184 valence electrons. The van der Waals surface area contributed by atoms with Gasteiger partial charge in [-0.25, -0.2) is 4.79 Å². The number of benzene rings is 2. The van der Waals surface area contributed by atoms with Crippen molar-refractivity contribution in [1.82, 2.24) is 10.2 Å². The zero-order valence-electron chi connectivity index (χ0n) is 20.8. The first-order valence-corrected chi connectivity index (χ1v) is 11.4. The van der Waals surface area contributed by atoms with Crippen LogP contribution in [0.2, 0.25) is 0 Å². The van der Waals surface area contributed by atoms with Gasteiger partial charge in [0, 0.05) is 12.2 Å². The molecule has 0 radical (unpaired) electrons. The van der Waals surface area contributed by atoms with E-state index in [1.807, 2.05) is 31.2 Å². The number of amides is 3. The van der Waals surface area contributed by atoms with Crippen LogP contribution in [0.3, 0.4) is 0 Å². The summed E-state index contributed by atoms with van der Waals surface area (Å²) in [7, 11) is 1.57. The monoisotopic (exact) mass is 469 g/mol. The first kappa shape index (κ1) is 26.7. The number of methoxy groups -OCH3 is 1. The number of hydrogen-bond acceptors (Lipinski definition) is 5. The second-order valence-electron chi connectivity index (χ2n) is 8.75. The normalized spacial score (nSPS) is 11.8. The Morgan fingerprint density at radius 1 is 0.971 bits per heavy atom. The van der Waals surface area contributed by atoms with E-state index in [0.29, 0.717) is 17.0 Å². The van der Waals surface area contributed by atoms with Crippen LogP contribution in [0.5, 0.6) is 5.75 Å². The maximum atomic E-state index is 13.4. The summed E-state index contributed by atoms with van der Waals surface area (Å²) < 4.78 is 10.4. The van der Waals surface area contributed by atoms with Crippen LogP contribution < -0.4 is 15.4 Å². The summed E-state index contributed by atoms with van der Waals surface area (Å²) in [6.45, 7) is 9.05. The number of rotatable bonds is 9. The van der Waals surface area contributed by atoms with Crippen molar-refractivity contribution >= 4 is 23.6 Å². The maximum Gasteiger partial charge on any atom is 0.408 e. The van der Waals surface area contributed by atoms with Crippen molar-refractivity contribution in [2.45, 2.75) is 52.7 Å². The topological polar surface area (TPSA) is 97.0 Å². The number of ether oxygens (including phenoxy) is 2. The molecular weight excluding hydrogens is 434 g/mol. The summed E-state index contributed by atoms with van der Waals surface area (Å²) in [5.41, 5.74) is 1.70. The van der Waals surface area contributed by atoms with Crippen molar-refractivity contribution in [3.63, 3.8) is 0 Å². The largest absolute Gasteiger partial charge is 0.497 e. The highest BCUT2D eigenvalue weighted by Gasteiger charge is 2.31. The fourth-order valence-electron chi connectivity index (χ4n) is 3.36. The molecule has 0 aliphatic heterocycles. The van der Waals surface area contributed by atoms with Crippen molar-refractivity contribution in [3.8, 4) is 5.75 Å². The first-order valence-electron chi connectivity index (χ1n) is 11.4. The van der Waals surface area contributed by atoms with Gasteiger partial charge in [-0.2, -0.15) is 0 Å². The van der Waals surface area contributed by atoms with Gasteiger partial charge in [0.2, 0.25) is 5.91 Å². The van der Waals surface area contributed by atoms with Gasteiger partial charge in [0.1, 0.15) is 23.9 Å². The Labute approximate surface area is 201 Å². The second-order valence-corrected chi connectivity index (χ2v) is 8.75. The minimum absolute atomic E-state index is 0.269. The van der Waals surface area contributed by atoms with Crippen LogP contribution in [0.1, 0.15) is 51.8 Å². The maximum absolute atomic E-state index is 13.4. The SMILES string of the molecule is CCc1ccc(C(C(=O)Nc2ccc(OC)cc2)N(CC)C(=O)CNC(=O)OC(C)(C)C)cc1. The Morgan fingerprint density at radius 3 is 2.09 bits per heavy atom. The number of likely N-dealkylation sites (N-methyl/N-ethyl adjacent to an activating group) is 1. The molecule has 0 aromatic heterocycles. The summed E-state index contributed by atoms with van der Waals surface area (Å²) in [5.74, 6) is -0.0898. The zero-order chi connectivity index (χ0) is 25.3. The fourth-order valence-corrected chi connectivity index (χ4v) is 3.36. The molecule has 8 heteroatoms. The van der Waals surface area contributed by atoms with Crippen LogP contribution >= 0.6 is 0 Å². The number of anilines is 1. The molecular formula is C26H35N3O5. The lowest BCUT2D eigenvalue weighted by atomic mass is 10.0. The summed E-state index contributed by atoms with van der Waals surface area (Å²) >= 11 is 0. The van der Waals surface area contributed by atoms with Crippen LogP contribution in [-0.4, -0.2) is 48.6 Å². The molecule has 0 saturated carbocycles. The second kappa shape index (κ2) is 12.1. The predicted octanol–water partition coefficient (Wildman–Crippen LogP) is 4.31. The van der Waals surface area contributed by atoms with E-state index in [2.05, 4.69) is 10.6 Å². The third-order valence-corrected chi connectivity index (χ3v) is 5.07. The van der Waals surface area contributed by atoms with E-state index in [-0.39, 0.29) is 19.0 Å². The molecule has 8 nitrogen and oxygen atoms in total. The lowest BCUT2D eigenvalue weighted by molar-refractivity contribution is -0.138. The van der Waals surface area contributed by atoms with Crippen LogP contribution in [-0.2, 0) is 20.7 Å². The standard InChI is InChI=1S/C26H35N3O5/c1-7-18-9-11-19(12-10-18)23(24(31)28-20-13-15-21(33-6)16-14-20)29(8-2)22(30)17-27-25(32)34-26(3,4)5/h9-16,23H,7-8,17H2,1-6H3,(H,27,32)(H,28,31). The van der Waals surface area contributed by atoms with E-state index >= 15 is 0 Å². The van der Waals surface area contributed by atoms with Gasteiger partial charge in [-0.1, -0.05) is 31.2 Å². The third-order valence-electron chi connectivity index (χ3n) is 5.07. The Bertz CT molecular complexity index is 965. The van der Waals surface area contributed by atoms with Gasteiger partial charge in [-0.05, 0) is 69.5 Å². The predicted molar refractivity (Wildman–Crippen MR) is 132 cm³/mol. The zero-order valence-corrected chi connectivity index (χ0v) is 20.8. The van der Waals surface area contributed by atoms with E-state index in [4.69, 9.17) is 9.47 Å². The van der Waals surface area contributed by atoms with Gasteiger partial charge < -0.3 is 25.0 Å². The molecule has 2 N–H and O–H groups in total. The molecule has 0 saturated heterocycles. The summed E-state index contributed by atoms with van der Waals surface area (Å²) in [5, 5.41) is 5.37. The van der Waals surface area contributed by atoms with Crippen molar-refractivity contribution in [2.75, 3.05) is 25.5 Å². The van der Waals surface area contributed by atoms with Crippen LogP contribution in [0.4, 0.5) is 10.5 Å². The average Bonchev–Trinajstić information content (AvgIpc) is 2.80. The summed E-state index contributed by atoms with van der Waals surface area (Å²) in [6.07, 6.45) is 0.169.